The van der Waals surface area contributed by atoms with Crippen molar-refractivity contribution in [2.75, 3.05) is 9.80 Å². The number of anilines is 6. The van der Waals surface area contributed by atoms with Gasteiger partial charge in [0.1, 0.15) is 0 Å². The van der Waals surface area contributed by atoms with Gasteiger partial charge in [-0.1, -0.05) is 48.5 Å². The van der Waals surface area contributed by atoms with Gasteiger partial charge in [0.05, 0.1) is 23.8 Å². The first-order valence-corrected chi connectivity index (χ1v) is 12.3. The van der Waals surface area contributed by atoms with Crippen LogP contribution in [-0.2, 0) is 0 Å². The summed E-state index contributed by atoms with van der Waals surface area (Å²) in [6, 6.07) is 36.6. The van der Waals surface area contributed by atoms with Crippen molar-refractivity contribution in [3.8, 4) is 0 Å². The summed E-state index contributed by atoms with van der Waals surface area (Å²) in [6.45, 7) is 8.52. The van der Waals surface area contributed by atoms with Crippen LogP contribution in [0, 0.1) is 27.7 Å². The molecule has 178 valence electrons. The maximum Gasteiger partial charge on any atom is 0.0665 e. The van der Waals surface area contributed by atoms with Gasteiger partial charge in [0.15, 0.2) is 0 Å². The summed E-state index contributed by atoms with van der Waals surface area (Å²) in [5.74, 6) is 0. The molecule has 3 nitrogen and oxygen atoms in total. The maximum atomic E-state index is 4.73. The van der Waals surface area contributed by atoms with Gasteiger partial charge in [-0.2, -0.15) is 0 Å². The quantitative estimate of drug-likeness (QED) is 0.247. The number of nitrogens with zero attached hydrogens (tertiary/aromatic N) is 3. The van der Waals surface area contributed by atoms with Crippen LogP contribution in [0.3, 0.4) is 0 Å². The summed E-state index contributed by atoms with van der Waals surface area (Å²) in [5, 5.41) is 0. The average molecular weight is 470 g/mol. The SMILES string of the molecule is Cc1cccc(N(c2cccc(C)c2)c2cncc(N(c3cccc(C)c3)c3cccc(C)c3)c2)c1. The Morgan fingerprint density at radius 1 is 0.389 bits per heavy atom. The second kappa shape index (κ2) is 10.1. The van der Waals surface area contributed by atoms with E-state index in [-0.39, 0.29) is 0 Å². The molecule has 1 aromatic heterocycles. The van der Waals surface area contributed by atoms with E-state index in [4.69, 9.17) is 4.98 Å². The van der Waals surface area contributed by atoms with Crippen molar-refractivity contribution in [3.05, 3.63) is 138 Å². The van der Waals surface area contributed by atoms with E-state index in [1.54, 1.807) is 0 Å². The number of rotatable bonds is 6. The van der Waals surface area contributed by atoms with Crippen LogP contribution >= 0.6 is 0 Å². The highest BCUT2D eigenvalue weighted by Gasteiger charge is 2.18. The average Bonchev–Trinajstić information content (AvgIpc) is 2.85. The number of pyridine rings is 1. The number of aryl methyl sites for hydroxylation is 4. The highest BCUT2D eigenvalue weighted by molar-refractivity contribution is 5.82. The van der Waals surface area contributed by atoms with E-state index in [1.165, 1.54) is 22.3 Å². The Morgan fingerprint density at radius 3 is 0.972 bits per heavy atom. The Morgan fingerprint density at radius 2 is 0.694 bits per heavy atom. The van der Waals surface area contributed by atoms with E-state index >= 15 is 0 Å². The van der Waals surface area contributed by atoms with Crippen molar-refractivity contribution >= 4 is 34.1 Å². The van der Waals surface area contributed by atoms with Crippen molar-refractivity contribution < 1.29 is 0 Å². The molecule has 0 amide bonds. The fourth-order valence-corrected chi connectivity index (χ4v) is 4.62. The van der Waals surface area contributed by atoms with E-state index in [0.29, 0.717) is 0 Å². The van der Waals surface area contributed by atoms with Crippen molar-refractivity contribution in [3.63, 3.8) is 0 Å². The molecule has 0 aliphatic carbocycles. The Balaban J connectivity index is 1.69. The van der Waals surface area contributed by atoms with Crippen molar-refractivity contribution in [1.82, 2.24) is 4.98 Å². The van der Waals surface area contributed by atoms with E-state index < -0.39 is 0 Å². The number of hydrogen-bond acceptors (Lipinski definition) is 3. The van der Waals surface area contributed by atoms with Crippen molar-refractivity contribution in [1.29, 1.82) is 0 Å². The predicted octanol–water partition coefficient (Wildman–Crippen LogP) is 9.25. The van der Waals surface area contributed by atoms with Gasteiger partial charge in [0.25, 0.3) is 0 Å². The lowest BCUT2D eigenvalue weighted by Crippen LogP contribution is -2.14. The molecule has 0 saturated carbocycles. The van der Waals surface area contributed by atoms with Crippen LogP contribution in [0.5, 0.6) is 0 Å². The first-order chi connectivity index (χ1) is 17.5. The van der Waals surface area contributed by atoms with Gasteiger partial charge in [0, 0.05) is 22.7 Å². The summed E-state index contributed by atoms with van der Waals surface area (Å²) in [7, 11) is 0. The minimum absolute atomic E-state index is 1.01. The zero-order valence-electron chi connectivity index (χ0n) is 21.3. The molecule has 0 fully saturated rings. The predicted molar refractivity (Wildman–Crippen MR) is 153 cm³/mol. The molecule has 0 bridgehead atoms. The molecule has 0 unspecified atom stereocenters. The summed E-state index contributed by atoms with van der Waals surface area (Å²) in [6.07, 6.45) is 3.89. The molecule has 5 aromatic rings. The Kier molecular flexibility index (Phi) is 6.55. The summed E-state index contributed by atoms with van der Waals surface area (Å²) in [4.78, 5) is 9.29. The topological polar surface area (TPSA) is 19.4 Å². The molecule has 36 heavy (non-hydrogen) atoms. The molecule has 0 spiro atoms. The third kappa shape index (κ3) is 5.01. The van der Waals surface area contributed by atoms with Gasteiger partial charge in [-0.25, -0.2) is 0 Å². The normalized spacial score (nSPS) is 10.8. The molecule has 5 rings (SSSR count). The highest BCUT2D eigenvalue weighted by Crippen LogP contribution is 2.40. The zero-order chi connectivity index (χ0) is 25.1. The highest BCUT2D eigenvalue weighted by atomic mass is 15.2. The van der Waals surface area contributed by atoms with Crippen LogP contribution < -0.4 is 9.80 Å². The van der Waals surface area contributed by atoms with E-state index in [0.717, 1.165) is 34.1 Å². The number of aromatic nitrogens is 1. The lowest BCUT2D eigenvalue weighted by atomic mass is 10.1. The second-order valence-electron chi connectivity index (χ2n) is 9.43. The lowest BCUT2D eigenvalue weighted by Gasteiger charge is -2.29. The molecule has 0 aliphatic heterocycles. The van der Waals surface area contributed by atoms with E-state index in [1.807, 2.05) is 12.4 Å². The molecule has 0 aliphatic rings. The van der Waals surface area contributed by atoms with Crippen molar-refractivity contribution in [2.24, 2.45) is 0 Å². The minimum atomic E-state index is 1.01. The van der Waals surface area contributed by atoms with Crippen LogP contribution in [0.15, 0.2) is 116 Å². The third-order valence-corrected chi connectivity index (χ3v) is 6.27. The van der Waals surface area contributed by atoms with Gasteiger partial charge in [-0.05, 0) is 105 Å². The molecular formula is C33H31N3. The van der Waals surface area contributed by atoms with E-state index in [2.05, 4.69) is 141 Å². The van der Waals surface area contributed by atoms with Gasteiger partial charge in [0.2, 0.25) is 0 Å². The second-order valence-corrected chi connectivity index (χ2v) is 9.43. The third-order valence-electron chi connectivity index (χ3n) is 6.27. The summed E-state index contributed by atoms with van der Waals surface area (Å²) < 4.78 is 0. The Bertz CT molecular complexity index is 1300. The number of benzene rings is 4. The first kappa shape index (κ1) is 23.4. The summed E-state index contributed by atoms with van der Waals surface area (Å²) >= 11 is 0. The van der Waals surface area contributed by atoms with Gasteiger partial charge < -0.3 is 9.80 Å². The Labute approximate surface area is 214 Å². The van der Waals surface area contributed by atoms with Crippen LogP contribution in [0.2, 0.25) is 0 Å². The zero-order valence-corrected chi connectivity index (χ0v) is 21.3. The first-order valence-electron chi connectivity index (χ1n) is 12.3. The molecule has 0 saturated heterocycles. The molecule has 3 heteroatoms. The molecule has 1 heterocycles. The van der Waals surface area contributed by atoms with Crippen LogP contribution in [0.4, 0.5) is 34.1 Å². The minimum Gasteiger partial charge on any atom is -0.309 e. The van der Waals surface area contributed by atoms with E-state index in [9.17, 15) is 0 Å². The van der Waals surface area contributed by atoms with Crippen LogP contribution in [0.25, 0.3) is 0 Å². The smallest absolute Gasteiger partial charge is 0.0665 e. The monoisotopic (exact) mass is 469 g/mol. The largest absolute Gasteiger partial charge is 0.309 e. The van der Waals surface area contributed by atoms with Gasteiger partial charge in [-0.15, -0.1) is 0 Å². The van der Waals surface area contributed by atoms with Crippen LogP contribution in [0.1, 0.15) is 22.3 Å². The molecule has 0 N–H and O–H groups in total. The number of hydrogen-bond donors (Lipinski definition) is 0. The standard InChI is InChI=1S/C33H31N3/c1-24-9-5-13-28(17-24)35(29-14-6-10-25(2)18-29)32-21-33(23-34-22-32)36(30-15-7-11-26(3)19-30)31-16-8-12-27(4)20-31/h5-23H,1-4H3. The molecule has 0 atom stereocenters. The molecule has 0 radical (unpaired) electrons. The van der Waals surface area contributed by atoms with Gasteiger partial charge in [-0.3, -0.25) is 4.98 Å². The molecule has 4 aromatic carbocycles. The van der Waals surface area contributed by atoms with Crippen molar-refractivity contribution in [2.45, 2.75) is 27.7 Å². The Hall–Kier alpha value is -4.37. The fourth-order valence-electron chi connectivity index (χ4n) is 4.62. The molecular weight excluding hydrogens is 438 g/mol. The maximum absolute atomic E-state index is 4.73. The fraction of sp³-hybridized carbons (Fsp3) is 0.121. The summed E-state index contributed by atoms with van der Waals surface area (Å²) in [5.41, 5.74) is 11.3. The lowest BCUT2D eigenvalue weighted by molar-refractivity contribution is 1.18. The van der Waals surface area contributed by atoms with Gasteiger partial charge >= 0.3 is 0 Å². The van der Waals surface area contributed by atoms with Crippen LogP contribution in [-0.4, -0.2) is 4.98 Å².